The molecule has 16 heavy (non-hydrogen) atoms. The zero-order chi connectivity index (χ0) is 12.0. The minimum Gasteiger partial charge on any atom is -0.361 e. The Bertz CT molecular complexity index is 356. The van der Waals surface area contributed by atoms with Crippen molar-refractivity contribution >= 4 is 17.8 Å². The van der Waals surface area contributed by atoms with Gasteiger partial charge >= 0.3 is 0 Å². The van der Waals surface area contributed by atoms with Crippen molar-refractivity contribution < 1.29 is 4.79 Å². The maximum atomic E-state index is 11.8. The Labute approximate surface area is 96.4 Å². The maximum Gasteiger partial charge on any atom is 0.155 e. The van der Waals surface area contributed by atoms with Crippen LogP contribution < -0.4 is 0 Å². The van der Waals surface area contributed by atoms with Gasteiger partial charge in [0, 0.05) is 13.1 Å². The summed E-state index contributed by atoms with van der Waals surface area (Å²) in [7, 11) is 0. The lowest BCUT2D eigenvalue weighted by Gasteiger charge is -2.47. The van der Waals surface area contributed by atoms with Gasteiger partial charge in [0.05, 0.1) is 16.5 Å². The van der Waals surface area contributed by atoms with E-state index in [1.165, 1.54) is 6.42 Å². The van der Waals surface area contributed by atoms with E-state index in [4.69, 9.17) is 0 Å². The highest BCUT2D eigenvalue weighted by atomic mass is 16.1. The molecule has 2 rings (SSSR count). The van der Waals surface area contributed by atoms with Gasteiger partial charge in [-0.3, -0.25) is 4.79 Å². The molecule has 1 aliphatic carbocycles. The molecule has 1 heterocycles. The van der Waals surface area contributed by atoms with E-state index in [1.807, 2.05) is 27.7 Å². The van der Waals surface area contributed by atoms with Crippen LogP contribution in [0.4, 0.5) is 0 Å². The first-order valence-electron chi connectivity index (χ1n) is 5.78. The van der Waals surface area contributed by atoms with Crippen LogP contribution >= 0.6 is 0 Å². The SMILES string of the molecule is CC1(C)C(=O)C(C)(C)C1=N/N=C/N1CCC1. The number of hydrogen-bond donors (Lipinski definition) is 0. The average Bonchev–Trinajstić information content (AvgIpc) is 2.12. The molecule has 0 amide bonds. The number of rotatable bonds is 2. The molecule has 0 N–H and O–H groups in total. The molecule has 0 aromatic heterocycles. The summed E-state index contributed by atoms with van der Waals surface area (Å²) in [6.45, 7) is 9.80. The van der Waals surface area contributed by atoms with Gasteiger partial charge in [-0.1, -0.05) is 0 Å². The summed E-state index contributed by atoms with van der Waals surface area (Å²) >= 11 is 0. The Balaban J connectivity index is 2.10. The third-order valence-corrected chi connectivity index (χ3v) is 3.58. The molecule has 0 atom stereocenters. The monoisotopic (exact) mass is 221 g/mol. The Hall–Kier alpha value is -1.19. The third-order valence-electron chi connectivity index (χ3n) is 3.58. The van der Waals surface area contributed by atoms with Gasteiger partial charge in [-0.2, -0.15) is 5.10 Å². The molecule has 88 valence electrons. The number of nitrogens with zero attached hydrogens (tertiary/aromatic N) is 3. The van der Waals surface area contributed by atoms with Gasteiger partial charge in [0.15, 0.2) is 5.78 Å². The van der Waals surface area contributed by atoms with E-state index in [2.05, 4.69) is 15.1 Å². The molecule has 0 unspecified atom stereocenters. The molecule has 0 bridgehead atoms. The first-order chi connectivity index (χ1) is 7.37. The second-order valence-electron chi connectivity index (χ2n) is 5.65. The van der Waals surface area contributed by atoms with Crippen LogP contribution in [0, 0.1) is 10.8 Å². The summed E-state index contributed by atoms with van der Waals surface area (Å²) in [5.41, 5.74) is 0.0211. The summed E-state index contributed by atoms with van der Waals surface area (Å²) in [6.07, 6.45) is 3.00. The first kappa shape index (κ1) is 11.3. The minimum atomic E-state index is -0.435. The van der Waals surface area contributed by atoms with Crippen LogP contribution in [-0.4, -0.2) is 35.8 Å². The van der Waals surface area contributed by atoms with Gasteiger partial charge in [-0.25, -0.2) is 0 Å². The van der Waals surface area contributed by atoms with E-state index in [0.717, 1.165) is 18.8 Å². The smallest absolute Gasteiger partial charge is 0.155 e. The van der Waals surface area contributed by atoms with Gasteiger partial charge in [-0.15, -0.1) is 5.10 Å². The van der Waals surface area contributed by atoms with E-state index >= 15 is 0 Å². The topological polar surface area (TPSA) is 45.0 Å². The Morgan fingerprint density at radius 2 is 1.75 bits per heavy atom. The lowest BCUT2D eigenvalue weighted by molar-refractivity contribution is -0.134. The molecule has 0 aromatic rings. The van der Waals surface area contributed by atoms with Gasteiger partial charge in [-0.05, 0) is 34.1 Å². The molecule has 0 radical (unpaired) electrons. The Morgan fingerprint density at radius 1 is 1.19 bits per heavy atom. The molecule has 4 nitrogen and oxygen atoms in total. The Kier molecular flexibility index (Phi) is 2.40. The van der Waals surface area contributed by atoms with E-state index in [-0.39, 0.29) is 5.78 Å². The fourth-order valence-corrected chi connectivity index (χ4v) is 2.58. The van der Waals surface area contributed by atoms with Gasteiger partial charge in [0.1, 0.15) is 6.34 Å². The van der Waals surface area contributed by atoms with E-state index in [1.54, 1.807) is 6.34 Å². The second kappa shape index (κ2) is 3.40. The number of carbonyl (C=O) groups excluding carboxylic acids is 1. The van der Waals surface area contributed by atoms with Crippen LogP contribution in [0.1, 0.15) is 34.1 Å². The van der Waals surface area contributed by atoms with Crippen molar-refractivity contribution in [3.8, 4) is 0 Å². The zero-order valence-corrected chi connectivity index (χ0v) is 10.4. The van der Waals surface area contributed by atoms with E-state index in [9.17, 15) is 4.79 Å². The quantitative estimate of drug-likeness (QED) is 0.405. The lowest BCUT2D eigenvalue weighted by Crippen LogP contribution is -2.61. The van der Waals surface area contributed by atoms with Gasteiger partial charge in [0.2, 0.25) is 0 Å². The van der Waals surface area contributed by atoms with Crippen molar-refractivity contribution in [2.75, 3.05) is 13.1 Å². The second-order valence-corrected chi connectivity index (χ2v) is 5.65. The minimum absolute atomic E-state index is 0.248. The van der Waals surface area contributed by atoms with E-state index in [0.29, 0.717) is 0 Å². The highest BCUT2D eigenvalue weighted by molar-refractivity contribution is 6.31. The number of ketones is 1. The molecule has 1 saturated heterocycles. The highest BCUT2D eigenvalue weighted by Crippen LogP contribution is 2.47. The van der Waals surface area contributed by atoms with E-state index < -0.39 is 10.8 Å². The van der Waals surface area contributed by atoms with Crippen molar-refractivity contribution in [1.82, 2.24) is 4.90 Å². The number of hydrogen-bond acceptors (Lipinski definition) is 3. The molecular weight excluding hydrogens is 202 g/mol. The summed E-state index contributed by atoms with van der Waals surface area (Å²) in [4.78, 5) is 14.0. The summed E-state index contributed by atoms with van der Waals surface area (Å²) in [5.74, 6) is 0.248. The van der Waals surface area contributed by atoms with Crippen molar-refractivity contribution in [2.45, 2.75) is 34.1 Å². The predicted molar refractivity (Wildman–Crippen MR) is 64.7 cm³/mol. The van der Waals surface area contributed by atoms with Crippen LogP contribution in [0.5, 0.6) is 0 Å². The molecule has 1 aliphatic heterocycles. The van der Waals surface area contributed by atoms with Crippen molar-refractivity contribution in [2.24, 2.45) is 21.0 Å². The lowest BCUT2D eigenvalue weighted by atomic mass is 9.53. The normalized spacial score (nSPS) is 26.6. The molecule has 4 heteroatoms. The molecular formula is C12H19N3O. The fourth-order valence-electron chi connectivity index (χ4n) is 2.58. The van der Waals surface area contributed by atoms with Crippen molar-refractivity contribution in [3.63, 3.8) is 0 Å². The van der Waals surface area contributed by atoms with Gasteiger partial charge < -0.3 is 4.90 Å². The number of carbonyl (C=O) groups is 1. The molecule has 1 saturated carbocycles. The standard InChI is InChI=1S/C12H19N3O/c1-11(2)9(12(3,4)10(11)16)14-13-8-15-6-5-7-15/h8H,5-7H2,1-4H3/b13-8+. The largest absolute Gasteiger partial charge is 0.361 e. The van der Waals surface area contributed by atoms with Crippen LogP contribution in [0.2, 0.25) is 0 Å². The summed E-state index contributed by atoms with van der Waals surface area (Å²) in [5, 5.41) is 8.31. The zero-order valence-electron chi connectivity index (χ0n) is 10.4. The Morgan fingerprint density at radius 3 is 2.19 bits per heavy atom. The molecule has 0 aromatic carbocycles. The molecule has 0 spiro atoms. The third kappa shape index (κ3) is 1.47. The van der Waals surface area contributed by atoms with Crippen molar-refractivity contribution in [3.05, 3.63) is 0 Å². The van der Waals surface area contributed by atoms with Crippen LogP contribution in [0.25, 0.3) is 0 Å². The molecule has 2 aliphatic rings. The highest BCUT2D eigenvalue weighted by Gasteiger charge is 2.59. The van der Waals surface area contributed by atoms with Crippen LogP contribution in [0.15, 0.2) is 10.2 Å². The first-order valence-corrected chi connectivity index (χ1v) is 5.78. The number of likely N-dealkylation sites (tertiary alicyclic amines) is 1. The van der Waals surface area contributed by atoms with Gasteiger partial charge in [0.25, 0.3) is 0 Å². The summed E-state index contributed by atoms with van der Waals surface area (Å²) < 4.78 is 0. The molecule has 2 fully saturated rings. The maximum absolute atomic E-state index is 11.8. The van der Waals surface area contributed by atoms with Crippen molar-refractivity contribution in [1.29, 1.82) is 0 Å². The fraction of sp³-hybridized carbons (Fsp3) is 0.750. The summed E-state index contributed by atoms with van der Waals surface area (Å²) in [6, 6.07) is 0. The average molecular weight is 221 g/mol. The van der Waals surface area contributed by atoms with Crippen LogP contribution in [0.3, 0.4) is 0 Å². The number of Topliss-reactive ketones (excluding diaryl/α,β-unsaturated/α-hetero) is 1. The predicted octanol–water partition coefficient (Wildman–Crippen LogP) is 1.71. The van der Waals surface area contributed by atoms with Crippen LogP contribution in [-0.2, 0) is 4.79 Å².